The second-order valence-corrected chi connectivity index (χ2v) is 9.29. The second kappa shape index (κ2) is 9.89. The van der Waals surface area contributed by atoms with Gasteiger partial charge in [0.2, 0.25) is 10.0 Å². The molecule has 156 valence electrons. The van der Waals surface area contributed by atoms with E-state index in [4.69, 9.17) is 0 Å². The van der Waals surface area contributed by atoms with Crippen molar-refractivity contribution in [2.75, 3.05) is 38.1 Å². The number of carbonyl (C=O) groups excluding carboxylic acids is 1. The number of nitrogens with one attached hydrogen (secondary N) is 1. The molecule has 0 bridgehead atoms. The number of carbonyl (C=O) groups is 1. The number of amides is 1. The molecule has 2 aromatic rings. The average molecular weight is 416 g/mol. The van der Waals surface area contributed by atoms with Gasteiger partial charge in [-0.3, -0.25) is 4.79 Å². The van der Waals surface area contributed by atoms with Crippen LogP contribution in [-0.2, 0) is 10.0 Å². The summed E-state index contributed by atoms with van der Waals surface area (Å²) >= 11 is 0. The maximum Gasteiger partial charge on any atom is 0.251 e. The Kier molecular flexibility index (Phi) is 7.28. The number of nitrogens with zero attached hydrogens (tertiary/aromatic N) is 2. The molecule has 1 amide bonds. The quantitative estimate of drug-likeness (QED) is 0.673. The van der Waals surface area contributed by atoms with Crippen molar-refractivity contribution < 1.29 is 13.2 Å². The molecule has 1 aliphatic rings. The zero-order valence-electron chi connectivity index (χ0n) is 16.9. The van der Waals surface area contributed by atoms with Crippen molar-refractivity contribution in [2.45, 2.75) is 30.6 Å². The highest BCUT2D eigenvalue weighted by Crippen LogP contribution is 2.20. The fourth-order valence-electron chi connectivity index (χ4n) is 3.46. The molecule has 2 aromatic carbocycles. The zero-order valence-corrected chi connectivity index (χ0v) is 17.7. The van der Waals surface area contributed by atoms with E-state index >= 15 is 0 Å². The number of sulfonamides is 1. The van der Waals surface area contributed by atoms with Gasteiger partial charge in [-0.15, -0.1) is 0 Å². The van der Waals surface area contributed by atoms with E-state index in [1.807, 2.05) is 25.2 Å². The molecule has 1 saturated heterocycles. The lowest BCUT2D eigenvalue weighted by molar-refractivity contribution is 0.0953. The Labute approximate surface area is 173 Å². The van der Waals surface area contributed by atoms with Crippen LogP contribution in [0.2, 0.25) is 0 Å². The third-order valence-electron chi connectivity index (χ3n) is 5.22. The minimum atomic E-state index is -3.47. The van der Waals surface area contributed by atoms with E-state index in [0.29, 0.717) is 25.2 Å². The van der Waals surface area contributed by atoms with Crippen LogP contribution in [0.5, 0.6) is 0 Å². The van der Waals surface area contributed by atoms with Crippen molar-refractivity contribution in [3.63, 3.8) is 0 Å². The molecule has 1 N–H and O–H groups in total. The predicted octanol–water partition coefficient (Wildman–Crippen LogP) is 3.12. The Morgan fingerprint density at radius 1 is 1.00 bits per heavy atom. The van der Waals surface area contributed by atoms with Crippen molar-refractivity contribution in [1.29, 1.82) is 0 Å². The number of hydrogen-bond acceptors (Lipinski definition) is 4. The van der Waals surface area contributed by atoms with Crippen LogP contribution in [0.1, 0.15) is 36.0 Å². The SMILES string of the molecule is CN(CCCNC(=O)c1ccc(S(=O)(=O)N2CCCCC2)cc1)c1ccccc1. The van der Waals surface area contributed by atoms with Crippen molar-refractivity contribution >= 4 is 21.6 Å². The average Bonchev–Trinajstić information content (AvgIpc) is 2.77. The van der Waals surface area contributed by atoms with Crippen molar-refractivity contribution in [2.24, 2.45) is 0 Å². The lowest BCUT2D eigenvalue weighted by Gasteiger charge is -2.25. The first kappa shape index (κ1) is 21.3. The molecule has 0 aromatic heterocycles. The van der Waals surface area contributed by atoms with Gasteiger partial charge in [0.05, 0.1) is 4.90 Å². The maximum absolute atomic E-state index is 12.7. The minimum Gasteiger partial charge on any atom is -0.375 e. The molecule has 0 spiro atoms. The highest BCUT2D eigenvalue weighted by Gasteiger charge is 2.25. The Morgan fingerprint density at radius 2 is 1.66 bits per heavy atom. The second-order valence-electron chi connectivity index (χ2n) is 7.36. The molecule has 6 nitrogen and oxygen atoms in total. The van der Waals surface area contributed by atoms with Crippen molar-refractivity contribution in [3.05, 3.63) is 60.2 Å². The highest BCUT2D eigenvalue weighted by atomic mass is 32.2. The minimum absolute atomic E-state index is 0.186. The van der Waals surface area contributed by atoms with Gasteiger partial charge < -0.3 is 10.2 Å². The number of anilines is 1. The maximum atomic E-state index is 12.7. The molecule has 0 atom stereocenters. The van der Waals surface area contributed by atoms with Crippen LogP contribution in [0.15, 0.2) is 59.5 Å². The molecule has 0 unspecified atom stereocenters. The normalized spacial score (nSPS) is 15.1. The third-order valence-corrected chi connectivity index (χ3v) is 7.14. The molecule has 1 heterocycles. The van der Waals surface area contributed by atoms with Crippen LogP contribution in [0.4, 0.5) is 5.69 Å². The van der Waals surface area contributed by atoms with Gasteiger partial charge in [0.1, 0.15) is 0 Å². The smallest absolute Gasteiger partial charge is 0.251 e. The fourth-order valence-corrected chi connectivity index (χ4v) is 4.98. The van der Waals surface area contributed by atoms with Gasteiger partial charge >= 0.3 is 0 Å². The Bertz CT molecular complexity index is 893. The topological polar surface area (TPSA) is 69.7 Å². The summed E-state index contributed by atoms with van der Waals surface area (Å²) in [7, 11) is -1.44. The third kappa shape index (κ3) is 5.58. The van der Waals surface area contributed by atoms with Gasteiger partial charge in [0, 0.05) is 44.5 Å². The number of rotatable bonds is 8. The highest BCUT2D eigenvalue weighted by molar-refractivity contribution is 7.89. The van der Waals surface area contributed by atoms with E-state index in [1.165, 1.54) is 16.4 Å². The molecule has 0 aliphatic carbocycles. The van der Waals surface area contributed by atoms with Gasteiger partial charge in [0.25, 0.3) is 5.91 Å². The molecule has 29 heavy (non-hydrogen) atoms. The summed E-state index contributed by atoms with van der Waals surface area (Å²) in [6, 6.07) is 16.3. The Hall–Kier alpha value is -2.38. The zero-order chi connectivity index (χ0) is 20.7. The molecule has 0 saturated carbocycles. The van der Waals surface area contributed by atoms with Crippen LogP contribution in [0.25, 0.3) is 0 Å². The van der Waals surface area contributed by atoms with Crippen molar-refractivity contribution in [3.8, 4) is 0 Å². The molecule has 1 aliphatic heterocycles. The monoisotopic (exact) mass is 415 g/mol. The van der Waals surface area contributed by atoms with Crippen LogP contribution in [-0.4, -0.2) is 51.9 Å². The first-order chi connectivity index (χ1) is 14.0. The fraction of sp³-hybridized carbons (Fsp3) is 0.409. The molecule has 1 fully saturated rings. The van der Waals surface area contributed by atoms with Crippen LogP contribution < -0.4 is 10.2 Å². The lowest BCUT2D eigenvalue weighted by Crippen LogP contribution is -2.35. The summed E-state index contributed by atoms with van der Waals surface area (Å²) in [5, 5.41) is 2.90. The van der Waals surface area contributed by atoms with Crippen LogP contribution >= 0.6 is 0 Å². The molecular weight excluding hydrogens is 386 g/mol. The van der Waals surface area contributed by atoms with E-state index in [1.54, 1.807) is 12.1 Å². The standard InChI is InChI=1S/C22H29N3O3S/c1-24(20-9-4-2-5-10-20)16-8-15-23-22(26)19-11-13-21(14-12-19)29(27,28)25-17-6-3-7-18-25/h2,4-5,9-14H,3,6-8,15-18H2,1H3,(H,23,26). The summed E-state index contributed by atoms with van der Waals surface area (Å²) in [6.07, 6.45) is 3.70. The first-order valence-corrected chi connectivity index (χ1v) is 11.6. The van der Waals surface area contributed by atoms with E-state index in [-0.39, 0.29) is 10.8 Å². The Balaban J connectivity index is 1.49. The van der Waals surface area contributed by atoms with Gasteiger partial charge in [-0.05, 0) is 55.7 Å². The van der Waals surface area contributed by atoms with Gasteiger partial charge in [-0.1, -0.05) is 24.6 Å². The van der Waals surface area contributed by atoms with Gasteiger partial charge in [-0.25, -0.2) is 8.42 Å². The van der Waals surface area contributed by atoms with E-state index in [2.05, 4.69) is 22.3 Å². The van der Waals surface area contributed by atoms with E-state index in [0.717, 1.165) is 37.9 Å². The summed E-state index contributed by atoms with van der Waals surface area (Å²) in [4.78, 5) is 14.7. The summed E-state index contributed by atoms with van der Waals surface area (Å²) in [6.45, 7) is 2.53. The molecular formula is C22H29N3O3S. The summed E-state index contributed by atoms with van der Waals surface area (Å²) in [5.74, 6) is -0.186. The van der Waals surface area contributed by atoms with E-state index in [9.17, 15) is 13.2 Å². The van der Waals surface area contributed by atoms with Crippen molar-refractivity contribution in [1.82, 2.24) is 9.62 Å². The molecule has 7 heteroatoms. The van der Waals surface area contributed by atoms with Crippen LogP contribution in [0.3, 0.4) is 0 Å². The Morgan fingerprint density at radius 3 is 2.31 bits per heavy atom. The first-order valence-electron chi connectivity index (χ1n) is 10.1. The summed E-state index contributed by atoms with van der Waals surface area (Å²) < 4.78 is 26.9. The number of hydrogen-bond donors (Lipinski definition) is 1. The molecule has 0 radical (unpaired) electrons. The number of piperidine rings is 1. The summed E-state index contributed by atoms with van der Waals surface area (Å²) in [5.41, 5.74) is 1.61. The number of benzene rings is 2. The molecule has 3 rings (SSSR count). The predicted molar refractivity (Wildman–Crippen MR) is 116 cm³/mol. The van der Waals surface area contributed by atoms with Gasteiger partial charge in [-0.2, -0.15) is 4.31 Å². The number of para-hydroxylation sites is 1. The lowest BCUT2D eigenvalue weighted by atomic mass is 10.2. The van der Waals surface area contributed by atoms with Gasteiger partial charge in [0.15, 0.2) is 0 Å². The van der Waals surface area contributed by atoms with Crippen LogP contribution in [0, 0.1) is 0 Å². The van der Waals surface area contributed by atoms with E-state index < -0.39 is 10.0 Å². The largest absolute Gasteiger partial charge is 0.375 e.